The number of nitrogens with two attached hydrogens (primary N) is 1. The Morgan fingerprint density at radius 2 is 2.14 bits per heavy atom. The minimum atomic E-state index is -3.94. The van der Waals surface area contributed by atoms with Crippen molar-refractivity contribution < 1.29 is 23.1 Å². The van der Waals surface area contributed by atoms with Crippen molar-refractivity contribution >= 4 is 21.7 Å². The van der Waals surface area contributed by atoms with Gasteiger partial charge in [0.05, 0.1) is 28.7 Å². The van der Waals surface area contributed by atoms with E-state index in [-0.39, 0.29) is 22.1 Å². The molecule has 0 aliphatic carbocycles. The number of ether oxygens (including phenoxy) is 1. The second kappa shape index (κ2) is 5.28. The average molecular weight is 314 g/mol. The van der Waals surface area contributed by atoms with Gasteiger partial charge in [0.25, 0.3) is 0 Å². The van der Waals surface area contributed by atoms with Crippen LogP contribution >= 0.6 is 0 Å². The van der Waals surface area contributed by atoms with Crippen LogP contribution in [-0.2, 0) is 14.8 Å². The van der Waals surface area contributed by atoms with Crippen LogP contribution < -0.4 is 10.5 Å². The molecule has 1 aliphatic rings. The van der Waals surface area contributed by atoms with Gasteiger partial charge in [-0.15, -0.1) is 0 Å². The molecular formula is C13H18N2O5S. The van der Waals surface area contributed by atoms with Gasteiger partial charge in [-0.25, -0.2) is 18.4 Å². The zero-order valence-electron chi connectivity index (χ0n) is 11.8. The number of primary sulfonamides is 1. The van der Waals surface area contributed by atoms with Gasteiger partial charge in [0.15, 0.2) is 0 Å². The molecule has 1 heterocycles. The SMILES string of the molecule is CC1(C)CC(Nc2ccc(S(N)(=O)=O)cc2C(=O)O)CO1. The Bertz CT molecular complexity index is 669. The van der Waals surface area contributed by atoms with Crippen LogP contribution in [0.1, 0.15) is 30.6 Å². The van der Waals surface area contributed by atoms with Crippen molar-refractivity contribution in [3.63, 3.8) is 0 Å². The summed E-state index contributed by atoms with van der Waals surface area (Å²) < 4.78 is 28.2. The van der Waals surface area contributed by atoms with E-state index < -0.39 is 16.0 Å². The second-order valence-electron chi connectivity index (χ2n) is 5.67. The van der Waals surface area contributed by atoms with Crippen molar-refractivity contribution in [1.29, 1.82) is 0 Å². The number of hydrogen-bond acceptors (Lipinski definition) is 5. The van der Waals surface area contributed by atoms with Crippen LogP contribution in [0.2, 0.25) is 0 Å². The summed E-state index contributed by atoms with van der Waals surface area (Å²) in [5.74, 6) is -1.22. The fourth-order valence-corrected chi connectivity index (χ4v) is 2.89. The van der Waals surface area contributed by atoms with Crippen LogP contribution in [0, 0.1) is 0 Å². The summed E-state index contributed by atoms with van der Waals surface area (Å²) in [4.78, 5) is 11.1. The topological polar surface area (TPSA) is 119 Å². The number of rotatable bonds is 4. The van der Waals surface area contributed by atoms with Gasteiger partial charge in [-0.2, -0.15) is 0 Å². The van der Waals surface area contributed by atoms with Gasteiger partial charge in [-0.3, -0.25) is 0 Å². The molecule has 4 N–H and O–H groups in total. The number of nitrogens with one attached hydrogen (secondary N) is 1. The molecule has 21 heavy (non-hydrogen) atoms. The van der Waals surface area contributed by atoms with Crippen LogP contribution in [0.15, 0.2) is 23.1 Å². The van der Waals surface area contributed by atoms with Gasteiger partial charge >= 0.3 is 5.97 Å². The molecule has 1 aliphatic heterocycles. The first-order valence-corrected chi connectivity index (χ1v) is 7.94. The Morgan fingerprint density at radius 1 is 1.48 bits per heavy atom. The van der Waals surface area contributed by atoms with Crippen LogP contribution in [0.5, 0.6) is 0 Å². The van der Waals surface area contributed by atoms with E-state index in [1.165, 1.54) is 12.1 Å². The van der Waals surface area contributed by atoms with Crippen LogP contribution in [0.25, 0.3) is 0 Å². The summed E-state index contributed by atoms with van der Waals surface area (Å²) in [5, 5.41) is 17.3. The second-order valence-corrected chi connectivity index (χ2v) is 7.24. The van der Waals surface area contributed by atoms with Crippen LogP contribution in [0.4, 0.5) is 5.69 Å². The molecule has 0 aromatic heterocycles. The predicted molar refractivity (Wildman–Crippen MR) is 76.8 cm³/mol. The smallest absolute Gasteiger partial charge is 0.337 e. The molecule has 1 fully saturated rings. The molecule has 8 heteroatoms. The number of benzene rings is 1. The van der Waals surface area contributed by atoms with Crippen molar-refractivity contribution in [1.82, 2.24) is 0 Å². The summed E-state index contributed by atoms with van der Waals surface area (Å²) >= 11 is 0. The number of carboxylic acid groups (broad SMARTS) is 1. The van der Waals surface area contributed by atoms with Gasteiger partial charge in [-0.05, 0) is 38.5 Å². The number of carboxylic acids is 1. The number of hydrogen-bond donors (Lipinski definition) is 3. The molecular weight excluding hydrogens is 296 g/mol. The van der Waals surface area contributed by atoms with E-state index in [0.717, 1.165) is 12.5 Å². The van der Waals surface area contributed by atoms with Gasteiger partial charge < -0.3 is 15.2 Å². The van der Waals surface area contributed by atoms with Crippen molar-refractivity contribution in [3.05, 3.63) is 23.8 Å². The molecule has 1 unspecified atom stereocenters. The number of sulfonamides is 1. The molecule has 1 aromatic carbocycles. The molecule has 0 amide bonds. The Labute approximate surface area is 123 Å². The number of anilines is 1. The lowest BCUT2D eigenvalue weighted by Crippen LogP contribution is -2.23. The first kappa shape index (κ1) is 15.7. The van der Waals surface area contributed by atoms with Crippen molar-refractivity contribution in [3.8, 4) is 0 Å². The Morgan fingerprint density at radius 3 is 2.62 bits per heavy atom. The third kappa shape index (κ3) is 3.72. The highest BCUT2D eigenvalue weighted by molar-refractivity contribution is 7.89. The molecule has 1 aromatic rings. The predicted octanol–water partition coefficient (Wildman–Crippen LogP) is 1.01. The maximum atomic E-state index is 11.3. The molecule has 7 nitrogen and oxygen atoms in total. The van der Waals surface area contributed by atoms with E-state index in [1.54, 1.807) is 0 Å². The summed E-state index contributed by atoms with van der Waals surface area (Å²) in [6.45, 7) is 4.37. The lowest BCUT2D eigenvalue weighted by atomic mass is 10.0. The van der Waals surface area contributed by atoms with E-state index in [9.17, 15) is 18.3 Å². The fraction of sp³-hybridized carbons (Fsp3) is 0.462. The van der Waals surface area contributed by atoms with E-state index >= 15 is 0 Å². The van der Waals surface area contributed by atoms with Gasteiger partial charge in [-0.1, -0.05) is 0 Å². The van der Waals surface area contributed by atoms with E-state index in [4.69, 9.17) is 9.88 Å². The standard InChI is InChI=1S/C13H18N2O5S/c1-13(2)6-8(7-20-13)15-11-4-3-9(21(14,18)19)5-10(11)12(16)17/h3-5,8,15H,6-7H2,1-2H3,(H,16,17)(H2,14,18,19). The third-order valence-electron chi connectivity index (χ3n) is 3.32. The summed E-state index contributed by atoms with van der Waals surface area (Å²) in [6.07, 6.45) is 0.725. The average Bonchev–Trinajstić information content (AvgIpc) is 2.67. The normalized spacial score (nSPS) is 21.2. The van der Waals surface area contributed by atoms with E-state index in [2.05, 4.69) is 5.32 Å². The zero-order valence-corrected chi connectivity index (χ0v) is 12.6. The van der Waals surface area contributed by atoms with Crippen LogP contribution in [-0.4, -0.2) is 37.7 Å². The first-order chi connectivity index (χ1) is 9.58. The van der Waals surface area contributed by atoms with E-state index in [0.29, 0.717) is 12.3 Å². The summed E-state index contributed by atoms with van der Waals surface area (Å²) in [6, 6.07) is 3.72. The summed E-state index contributed by atoms with van der Waals surface area (Å²) in [7, 11) is -3.94. The van der Waals surface area contributed by atoms with Gasteiger partial charge in [0, 0.05) is 5.69 Å². The molecule has 1 saturated heterocycles. The highest BCUT2D eigenvalue weighted by Gasteiger charge is 2.32. The molecule has 116 valence electrons. The van der Waals surface area contributed by atoms with Gasteiger partial charge in [0.1, 0.15) is 0 Å². The number of aromatic carboxylic acids is 1. The Kier molecular flexibility index (Phi) is 3.96. The van der Waals surface area contributed by atoms with Crippen LogP contribution in [0.3, 0.4) is 0 Å². The molecule has 0 radical (unpaired) electrons. The molecule has 0 bridgehead atoms. The minimum absolute atomic E-state index is 0.0292. The molecule has 2 rings (SSSR count). The zero-order chi connectivity index (χ0) is 15.8. The highest BCUT2D eigenvalue weighted by atomic mass is 32.2. The lowest BCUT2D eigenvalue weighted by Gasteiger charge is -2.17. The quantitative estimate of drug-likeness (QED) is 0.763. The maximum absolute atomic E-state index is 11.3. The Hall–Kier alpha value is -1.64. The van der Waals surface area contributed by atoms with Crippen molar-refractivity contribution in [2.45, 2.75) is 36.8 Å². The highest BCUT2D eigenvalue weighted by Crippen LogP contribution is 2.28. The van der Waals surface area contributed by atoms with Crippen molar-refractivity contribution in [2.24, 2.45) is 5.14 Å². The molecule has 0 saturated carbocycles. The lowest BCUT2D eigenvalue weighted by molar-refractivity contribution is 0.0363. The Balaban J connectivity index is 2.30. The third-order valence-corrected chi connectivity index (χ3v) is 4.23. The summed E-state index contributed by atoms with van der Waals surface area (Å²) in [5.41, 5.74) is -0.0471. The first-order valence-electron chi connectivity index (χ1n) is 6.39. The fourth-order valence-electron chi connectivity index (χ4n) is 2.35. The number of carbonyl (C=O) groups is 1. The molecule has 1 atom stereocenters. The van der Waals surface area contributed by atoms with Gasteiger partial charge in [0.2, 0.25) is 10.0 Å². The largest absolute Gasteiger partial charge is 0.478 e. The monoisotopic (exact) mass is 314 g/mol. The maximum Gasteiger partial charge on any atom is 0.337 e. The van der Waals surface area contributed by atoms with E-state index in [1.807, 2.05) is 13.8 Å². The molecule has 0 spiro atoms. The minimum Gasteiger partial charge on any atom is -0.478 e. The van der Waals surface area contributed by atoms with Crippen molar-refractivity contribution in [2.75, 3.05) is 11.9 Å².